The average Bonchev–Trinajstić information content (AvgIpc) is 3.09. The van der Waals surface area contributed by atoms with E-state index in [1.165, 1.54) is 31.8 Å². The van der Waals surface area contributed by atoms with Crippen LogP contribution in [0.1, 0.15) is 16.3 Å². The first-order chi connectivity index (χ1) is 9.20. The highest BCUT2D eigenvalue weighted by atomic mass is 16.5. The van der Waals surface area contributed by atoms with Crippen molar-refractivity contribution in [3.05, 3.63) is 54.0 Å². The van der Waals surface area contributed by atoms with Gasteiger partial charge in [-0.2, -0.15) is 0 Å². The van der Waals surface area contributed by atoms with Crippen molar-refractivity contribution in [2.24, 2.45) is 0 Å². The van der Waals surface area contributed by atoms with Crippen molar-refractivity contribution in [2.45, 2.75) is 0 Å². The van der Waals surface area contributed by atoms with E-state index in [1.807, 2.05) is 0 Å². The molecule has 0 bridgehead atoms. The van der Waals surface area contributed by atoms with Crippen LogP contribution in [-0.4, -0.2) is 19.0 Å². The number of furan rings is 2. The predicted molar refractivity (Wildman–Crippen MR) is 64.9 cm³/mol. The van der Waals surface area contributed by atoms with Crippen LogP contribution in [-0.2, 0) is 9.53 Å². The number of hydrogen-bond donors (Lipinski definition) is 1. The second-order valence-corrected chi connectivity index (χ2v) is 3.50. The summed E-state index contributed by atoms with van der Waals surface area (Å²) < 4.78 is 14.6. The van der Waals surface area contributed by atoms with Gasteiger partial charge in [-0.05, 0) is 24.3 Å². The van der Waals surface area contributed by atoms with Crippen molar-refractivity contribution < 1.29 is 23.2 Å². The van der Waals surface area contributed by atoms with Crippen LogP contribution in [0.25, 0.3) is 6.08 Å². The molecule has 98 valence electrons. The summed E-state index contributed by atoms with van der Waals surface area (Å²) in [6, 6.07) is 6.36. The van der Waals surface area contributed by atoms with Crippen molar-refractivity contribution in [1.82, 2.24) is 5.32 Å². The van der Waals surface area contributed by atoms with Crippen LogP contribution >= 0.6 is 0 Å². The maximum atomic E-state index is 11.8. The maximum Gasteiger partial charge on any atom is 0.354 e. The van der Waals surface area contributed by atoms with E-state index in [0.29, 0.717) is 5.76 Å². The van der Waals surface area contributed by atoms with Gasteiger partial charge in [-0.1, -0.05) is 0 Å². The van der Waals surface area contributed by atoms with Gasteiger partial charge in [-0.3, -0.25) is 4.79 Å². The number of hydrogen-bond acceptors (Lipinski definition) is 5. The van der Waals surface area contributed by atoms with Crippen LogP contribution in [0.4, 0.5) is 0 Å². The van der Waals surface area contributed by atoms with E-state index in [1.54, 1.807) is 18.2 Å². The lowest BCUT2D eigenvalue weighted by molar-refractivity contribution is -0.136. The third-order valence-corrected chi connectivity index (χ3v) is 2.23. The molecule has 2 aromatic heterocycles. The number of nitrogens with one attached hydrogen (secondary N) is 1. The molecule has 0 fully saturated rings. The first kappa shape index (κ1) is 12.7. The Balaban J connectivity index is 2.20. The summed E-state index contributed by atoms with van der Waals surface area (Å²) in [5.41, 5.74) is -0.0427. The molecular formula is C13H11NO5. The molecule has 1 amide bonds. The van der Waals surface area contributed by atoms with Gasteiger partial charge in [0.1, 0.15) is 11.5 Å². The molecule has 2 heterocycles. The Morgan fingerprint density at radius 1 is 1.21 bits per heavy atom. The lowest BCUT2D eigenvalue weighted by atomic mass is 10.3. The zero-order chi connectivity index (χ0) is 13.7. The fourth-order valence-electron chi connectivity index (χ4n) is 1.36. The maximum absolute atomic E-state index is 11.8. The van der Waals surface area contributed by atoms with Crippen LogP contribution in [0.15, 0.2) is 51.3 Å². The highest BCUT2D eigenvalue weighted by Gasteiger charge is 2.16. The Bertz CT molecular complexity index is 581. The molecule has 0 spiro atoms. The zero-order valence-corrected chi connectivity index (χ0v) is 10.1. The molecule has 0 saturated heterocycles. The van der Waals surface area contributed by atoms with E-state index >= 15 is 0 Å². The van der Waals surface area contributed by atoms with Crippen LogP contribution in [0.3, 0.4) is 0 Å². The minimum absolute atomic E-state index is 0.0427. The minimum atomic E-state index is -0.684. The Hall–Kier alpha value is -2.76. The normalized spacial score (nSPS) is 11.1. The standard InChI is InChI=1S/C13H11NO5/c1-17-13(16)10(8-9-4-2-6-18-9)14-12(15)11-5-3-7-19-11/h2-8H,1H3,(H,14,15). The SMILES string of the molecule is COC(=O)C(=Cc1ccco1)NC(=O)c1ccco1. The van der Waals surface area contributed by atoms with E-state index in [2.05, 4.69) is 10.1 Å². The van der Waals surface area contributed by atoms with E-state index in [-0.39, 0.29) is 11.5 Å². The summed E-state index contributed by atoms with van der Waals surface area (Å²) in [6.45, 7) is 0. The lowest BCUT2D eigenvalue weighted by Gasteiger charge is -2.05. The molecule has 0 radical (unpaired) electrons. The first-order valence-electron chi connectivity index (χ1n) is 5.39. The van der Waals surface area contributed by atoms with Crippen molar-refractivity contribution >= 4 is 18.0 Å². The fourth-order valence-corrected chi connectivity index (χ4v) is 1.36. The summed E-state index contributed by atoms with van der Waals surface area (Å²) in [4.78, 5) is 23.3. The van der Waals surface area contributed by atoms with Crippen LogP contribution < -0.4 is 5.32 Å². The molecule has 0 atom stereocenters. The van der Waals surface area contributed by atoms with E-state index in [4.69, 9.17) is 8.83 Å². The number of ether oxygens (including phenoxy) is 1. The van der Waals surface area contributed by atoms with Gasteiger partial charge in [0.2, 0.25) is 0 Å². The Kier molecular flexibility index (Phi) is 3.82. The van der Waals surface area contributed by atoms with E-state index in [0.717, 1.165) is 0 Å². The van der Waals surface area contributed by atoms with Crippen molar-refractivity contribution in [3.63, 3.8) is 0 Å². The van der Waals surface area contributed by atoms with Crippen LogP contribution in [0.2, 0.25) is 0 Å². The molecule has 0 aliphatic heterocycles. The third kappa shape index (κ3) is 3.12. The molecule has 0 aliphatic rings. The number of methoxy groups -OCH3 is 1. The van der Waals surface area contributed by atoms with Crippen LogP contribution in [0, 0.1) is 0 Å². The minimum Gasteiger partial charge on any atom is -0.465 e. The zero-order valence-electron chi connectivity index (χ0n) is 10.1. The second-order valence-electron chi connectivity index (χ2n) is 3.50. The van der Waals surface area contributed by atoms with Gasteiger partial charge >= 0.3 is 5.97 Å². The van der Waals surface area contributed by atoms with Gasteiger partial charge in [-0.15, -0.1) is 0 Å². The van der Waals surface area contributed by atoms with Gasteiger partial charge in [0.05, 0.1) is 19.6 Å². The Morgan fingerprint density at radius 3 is 2.53 bits per heavy atom. The van der Waals surface area contributed by atoms with Gasteiger partial charge in [0.25, 0.3) is 5.91 Å². The van der Waals surface area contributed by atoms with Crippen molar-refractivity contribution in [2.75, 3.05) is 7.11 Å². The molecule has 19 heavy (non-hydrogen) atoms. The predicted octanol–water partition coefficient (Wildman–Crippen LogP) is 1.82. The number of carbonyl (C=O) groups is 2. The Labute approximate surface area is 108 Å². The van der Waals surface area contributed by atoms with Gasteiger partial charge in [0, 0.05) is 6.08 Å². The largest absolute Gasteiger partial charge is 0.465 e. The monoisotopic (exact) mass is 261 g/mol. The number of rotatable bonds is 4. The summed E-state index contributed by atoms with van der Waals surface area (Å²) in [7, 11) is 1.22. The van der Waals surface area contributed by atoms with E-state index in [9.17, 15) is 9.59 Å². The molecule has 0 aliphatic carbocycles. The molecule has 6 nitrogen and oxygen atoms in total. The molecule has 2 aromatic rings. The summed E-state index contributed by atoms with van der Waals surface area (Å²) in [5, 5.41) is 2.40. The lowest BCUT2D eigenvalue weighted by Crippen LogP contribution is -2.27. The second kappa shape index (κ2) is 5.72. The molecule has 0 saturated carbocycles. The fraction of sp³-hybridized carbons (Fsp3) is 0.0769. The van der Waals surface area contributed by atoms with Gasteiger partial charge in [-0.25, -0.2) is 4.79 Å². The van der Waals surface area contributed by atoms with Crippen LogP contribution in [0.5, 0.6) is 0 Å². The molecule has 0 aromatic carbocycles. The van der Waals surface area contributed by atoms with Gasteiger partial charge in [0.15, 0.2) is 5.76 Å². The molecule has 1 N–H and O–H groups in total. The molecule has 0 unspecified atom stereocenters. The smallest absolute Gasteiger partial charge is 0.354 e. The van der Waals surface area contributed by atoms with Gasteiger partial charge < -0.3 is 18.9 Å². The third-order valence-electron chi connectivity index (χ3n) is 2.23. The van der Waals surface area contributed by atoms with Crippen molar-refractivity contribution in [1.29, 1.82) is 0 Å². The van der Waals surface area contributed by atoms with Crippen molar-refractivity contribution in [3.8, 4) is 0 Å². The topological polar surface area (TPSA) is 81.7 Å². The average molecular weight is 261 g/mol. The summed E-state index contributed by atoms with van der Waals surface area (Å²) >= 11 is 0. The first-order valence-corrected chi connectivity index (χ1v) is 5.39. The quantitative estimate of drug-likeness (QED) is 0.670. The summed E-state index contributed by atoms with van der Waals surface area (Å²) in [5.74, 6) is -0.723. The highest BCUT2D eigenvalue weighted by Crippen LogP contribution is 2.08. The molecule has 6 heteroatoms. The Morgan fingerprint density at radius 2 is 1.95 bits per heavy atom. The number of amides is 1. The highest BCUT2D eigenvalue weighted by molar-refractivity contribution is 6.01. The molecule has 2 rings (SSSR count). The number of esters is 1. The summed E-state index contributed by atoms with van der Waals surface area (Å²) in [6.07, 6.45) is 4.19. The number of carbonyl (C=O) groups excluding carboxylic acids is 2. The van der Waals surface area contributed by atoms with E-state index < -0.39 is 11.9 Å². The molecular weight excluding hydrogens is 250 g/mol.